The largest absolute Gasteiger partial charge is 0.497 e. The maximum atomic E-state index is 12.3. The van der Waals surface area contributed by atoms with Crippen molar-refractivity contribution in [3.63, 3.8) is 0 Å². The van der Waals surface area contributed by atoms with Gasteiger partial charge in [-0.2, -0.15) is 4.98 Å². The molecule has 1 amide bonds. The van der Waals surface area contributed by atoms with Gasteiger partial charge in [-0.25, -0.2) is 0 Å². The third-order valence-electron chi connectivity index (χ3n) is 4.16. The summed E-state index contributed by atoms with van der Waals surface area (Å²) in [4.78, 5) is 18.4. The molecule has 0 unspecified atom stereocenters. The number of carbonyl (C=O) groups excluding carboxylic acids is 1. The number of hydrogen-bond acceptors (Lipinski definition) is 6. The first kappa shape index (κ1) is 16.3. The molecule has 2 heterocycles. The Bertz CT molecular complexity index is 675. The molecule has 1 aliphatic heterocycles. The summed E-state index contributed by atoms with van der Waals surface area (Å²) in [5.74, 6) is 2.96. The Hall–Kier alpha value is -2.57. The fourth-order valence-electron chi connectivity index (χ4n) is 2.76. The van der Waals surface area contributed by atoms with Gasteiger partial charge in [0.15, 0.2) is 12.4 Å². The molecular weight excluding hydrogens is 310 g/mol. The van der Waals surface area contributed by atoms with E-state index in [0.29, 0.717) is 30.6 Å². The number of rotatable bonds is 5. The molecule has 2 aromatic rings. The summed E-state index contributed by atoms with van der Waals surface area (Å²) in [5, 5.41) is 3.83. The zero-order valence-electron chi connectivity index (χ0n) is 13.9. The van der Waals surface area contributed by atoms with Crippen LogP contribution in [0.25, 0.3) is 0 Å². The second-order valence-electron chi connectivity index (χ2n) is 5.80. The maximum Gasteiger partial charge on any atom is 0.260 e. The standard InChI is InChI=1S/C17H21N3O4/c1-12-18-17(24-19-12)13-7-9-20(10-8-13)16(21)11-23-15-5-3-14(22-2)4-6-15/h3-6,13H,7-11H2,1-2H3. The normalized spacial score (nSPS) is 15.3. The average molecular weight is 331 g/mol. The number of hydrogen-bond donors (Lipinski definition) is 0. The van der Waals surface area contributed by atoms with Crippen molar-refractivity contribution >= 4 is 5.91 Å². The first-order valence-corrected chi connectivity index (χ1v) is 8.00. The fourth-order valence-corrected chi connectivity index (χ4v) is 2.76. The van der Waals surface area contributed by atoms with Crippen LogP contribution >= 0.6 is 0 Å². The van der Waals surface area contributed by atoms with Gasteiger partial charge in [-0.1, -0.05) is 5.16 Å². The van der Waals surface area contributed by atoms with E-state index in [1.54, 1.807) is 31.4 Å². The molecule has 0 radical (unpaired) electrons. The summed E-state index contributed by atoms with van der Waals surface area (Å²) in [6.45, 7) is 3.20. The number of carbonyl (C=O) groups is 1. The molecule has 0 spiro atoms. The molecule has 24 heavy (non-hydrogen) atoms. The summed E-state index contributed by atoms with van der Waals surface area (Å²) in [5.41, 5.74) is 0. The van der Waals surface area contributed by atoms with Gasteiger partial charge in [-0.15, -0.1) is 0 Å². The summed E-state index contributed by atoms with van der Waals surface area (Å²) in [6.07, 6.45) is 1.66. The lowest BCUT2D eigenvalue weighted by molar-refractivity contribution is -0.134. The number of methoxy groups -OCH3 is 1. The van der Waals surface area contributed by atoms with Gasteiger partial charge in [-0.3, -0.25) is 4.79 Å². The first-order valence-electron chi connectivity index (χ1n) is 8.00. The molecule has 0 aliphatic carbocycles. The Kier molecular flexibility index (Phi) is 4.98. The molecule has 128 valence electrons. The minimum atomic E-state index is -0.00835. The van der Waals surface area contributed by atoms with Gasteiger partial charge in [0, 0.05) is 19.0 Å². The summed E-state index contributed by atoms with van der Waals surface area (Å²) in [7, 11) is 1.61. The number of aromatic nitrogens is 2. The Morgan fingerprint density at radius 2 is 1.92 bits per heavy atom. The van der Waals surface area contributed by atoms with Gasteiger partial charge in [0.2, 0.25) is 5.89 Å². The van der Waals surface area contributed by atoms with E-state index in [1.165, 1.54) is 0 Å². The lowest BCUT2D eigenvalue weighted by Crippen LogP contribution is -2.40. The lowest BCUT2D eigenvalue weighted by Gasteiger charge is -2.30. The van der Waals surface area contributed by atoms with E-state index in [1.807, 2.05) is 11.8 Å². The van der Waals surface area contributed by atoms with Crippen LogP contribution < -0.4 is 9.47 Å². The SMILES string of the molecule is COc1ccc(OCC(=O)N2CCC(c3nc(C)no3)CC2)cc1. The highest BCUT2D eigenvalue weighted by Crippen LogP contribution is 2.26. The number of likely N-dealkylation sites (tertiary alicyclic amines) is 1. The Morgan fingerprint density at radius 3 is 2.50 bits per heavy atom. The van der Waals surface area contributed by atoms with Crippen molar-refractivity contribution in [2.75, 3.05) is 26.8 Å². The topological polar surface area (TPSA) is 77.7 Å². The highest BCUT2D eigenvalue weighted by atomic mass is 16.5. The Morgan fingerprint density at radius 1 is 1.25 bits per heavy atom. The van der Waals surface area contributed by atoms with E-state index in [2.05, 4.69) is 10.1 Å². The van der Waals surface area contributed by atoms with Gasteiger partial charge in [-0.05, 0) is 44.0 Å². The van der Waals surface area contributed by atoms with Gasteiger partial charge in [0.1, 0.15) is 11.5 Å². The minimum Gasteiger partial charge on any atom is -0.497 e. The number of amides is 1. The van der Waals surface area contributed by atoms with Crippen molar-refractivity contribution in [2.24, 2.45) is 0 Å². The molecule has 7 nitrogen and oxygen atoms in total. The number of piperidine rings is 1. The number of aryl methyl sites for hydroxylation is 1. The van der Waals surface area contributed by atoms with E-state index in [4.69, 9.17) is 14.0 Å². The van der Waals surface area contributed by atoms with Gasteiger partial charge in [0.25, 0.3) is 5.91 Å². The van der Waals surface area contributed by atoms with Crippen molar-refractivity contribution in [3.05, 3.63) is 36.0 Å². The Labute approximate surface area is 140 Å². The number of ether oxygens (including phenoxy) is 2. The predicted molar refractivity (Wildman–Crippen MR) is 86.1 cm³/mol. The van der Waals surface area contributed by atoms with E-state index in [0.717, 1.165) is 18.6 Å². The second kappa shape index (κ2) is 7.33. The zero-order valence-corrected chi connectivity index (χ0v) is 13.9. The molecule has 0 bridgehead atoms. The third-order valence-corrected chi connectivity index (χ3v) is 4.16. The lowest BCUT2D eigenvalue weighted by atomic mass is 9.97. The molecule has 1 aliphatic rings. The highest BCUT2D eigenvalue weighted by Gasteiger charge is 2.27. The van der Waals surface area contributed by atoms with Crippen molar-refractivity contribution in [1.82, 2.24) is 15.0 Å². The van der Waals surface area contributed by atoms with E-state index in [9.17, 15) is 4.79 Å². The first-order chi connectivity index (χ1) is 11.7. The third kappa shape index (κ3) is 3.84. The van der Waals surface area contributed by atoms with Crippen molar-refractivity contribution in [1.29, 1.82) is 0 Å². The van der Waals surface area contributed by atoms with Crippen LogP contribution in [0.2, 0.25) is 0 Å². The quantitative estimate of drug-likeness (QED) is 0.835. The minimum absolute atomic E-state index is 0.00835. The summed E-state index contributed by atoms with van der Waals surface area (Å²) < 4.78 is 15.9. The highest BCUT2D eigenvalue weighted by molar-refractivity contribution is 5.77. The Balaban J connectivity index is 1.46. The van der Waals surface area contributed by atoms with Crippen LogP contribution in [0.5, 0.6) is 11.5 Å². The molecule has 1 aromatic heterocycles. The number of benzene rings is 1. The van der Waals surface area contributed by atoms with Gasteiger partial charge >= 0.3 is 0 Å². The predicted octanol–water partition coefficient (Wildman–Crippen LogP) is 2.17. The van der Waals surface area contributed by atoms with Crippen LogP contribution in [0.3, 0.4) is 0 Å². The van der Waals surface area contributed by atoms with Crippen LogP contribution in [0.1, 0.15) is 30.5 Å². The van der Waals surface area contributed by atoms with E-state index >= 15 is 0 Å². The molecule has 7 heteroatoms. The molecule has 0 N–H and O–H groups in total. The molecule has 1 fully saturated rings. The molecule has 0 atom stereocenters. The molecule has 1 saturated heterocycles. The van der Waals surface area contributed by atoms with E-state index < -0.39 is 0 Å². The number of nitrogens with zero attached hydrogens (tertiary/aromatic N) is 3. The maximum absolute atomic E-state index is 12.3. The van der Waals surface area contributed by atoms with Crippen LogP contribution in [0, 0.1) is 6.92 Å². The van der Waals surface area contributed by atoms with Crippen LogP contribution in [-0.2, 0) is 4.79 Å². The van der Waals surface area contributed by atoms with Crippen molar-refractivity contribution in [2.45, 2.75) is 25.7 Å². The molecule has 3 rings (SSSR count). The summed E-state index contributed by atoms with van der Waals surface area (Å²) in [6, 6.07) is 7.18. The molecule has 1 aromatic carbocycles. The fraction of sp³-hybridized carbons (Fsp3) is 0.471. The van der Waals surface area contributed by atoms with E-state index in [-0.39, 0.29) is 18.4 Å². The van der Waals surface area contributed by atoms with Gasteiger partial charge < -0.3 is 18.9 Å². The van der Waals surface area contributed by atoms with Crippen LogP contribution in [0.4, 0.5) is 0 Å². The molecule has 0 saturated carbocycles. The average Bonchev–Trinajstić information content (AvgIpc) is 3.06. The zero-order chi connectivity index (χ0) is 16.9. The van der Waals surface area contributed by atoms with Crippen molar-refractivity contribution in [3.8, 4) is 11.5 Å². The van der Waals surface area contributed by atoms with Crippen LogP contribution in [-0.4, -0.2) is 47.8 Å². The smallest absolute Gasteiger partial charge is 0.260 e. The second-order valence-corrected chi connectivity index (χ2v) is 5.80. The summed E-state index contributed by atoms with van der Waals surface area (Å²) >= 11 is 0. The molecular formula is C17H21N3O4. The monoisotopic (exact) mass is 331 g/mol. The van der Waals surface area contributed by atoms with Crippen LogP contribution in [0.15, 0.2) is 28.8 Å². The van der Waals surface area contributed by atoms with Gasteiger partial charge in [0.05, 0.1) is 7.11 Å². The van der Waals surface area contributed by atoms with Crippen molar-refractivity contribution < 1.29 is 18.8 Å².